The zero-order valence-electron chi connectivity index (χ0n) is 72.1. The molecule has 3 saturated heterocycles. The molecule has 12 heterocycles. The Bertz CT molecular complexity index is 6470. The number of fused-ring (bicyclic) bond motifs is 3. The molecule has 0 unspecified atom stereocenters. The fourth-order valence-electron chi connectivity index (χ4n) is 15.8. The van der Waals surface area contributed by atoms with Crippen LogP contribution in [0.5, 0.6) is 40.2 Å². The summed E-state index contributed by atoms with van der Waals surface area (Å²) in [6.07, 6.45) is 7.76. The number of ether oxygens (including phenoxy) is 7. The molecule has 0 bridgehead atoms. The van der Waals surface area contributed by atoms with Gasteiger partial charge in [0.1, 0.15) is 84.7 Å². The highest BCUT2D eigenvalue weighted by atomic mass is 16.5. The molecule has 0 radical (unpaired) electrons. The molecular formula is C99H101N21O8. The van der Waals surface area contributed by atoms with Crippen molar-refractivity contribution in [2.24, 2.45) is 14.1 Å². The third-order valence-electron chi connectivity index (χ3n) is 22.5. The van der Waals surface area contributed by atoms with Crippen molar-refractivity contribution < 1.29 is 37.7 Å². The molecule has 0 aliphatic carbocycles. The van der Waals surface area contributed by atoms with Gasteiger partial charge in [0.25, 0.3) is 5.89 Å². The Morgan fingerprint density at radius 3 is 1.09 bits per heavy atom. The Morgan fingerprint density at radius 2 is 0.695 bits per heavy atom. The average molecular weight is 1710 g/mol. The molecular weight excluding hydrogens is 1610 g/mol. The van der Waals surface area contributed by atoms with Gasteiger partial charge >= 0.3 is 0 Å². The van der Waals surface area contributed by atoms with Crippen LogP contribution in [-0.2, 0) is 33.9 Å². The minimum atomic E-state index is 0.160. The van der Waals surface area contributed by atoms with Gasteiger partial charge < -0.3 is 53.6 Å². The van der Waals surface area contributed by atoms with Gasteiger partial charge in [-0.05, 0) is 272 Å². The quantitative estimate of drug-likeness (QED) is 0.0345. The van der Waals surface area contributed by atoms with E-state index < -0.39 is 0 Å². The van der Waals surface area contributed by atoms with Crippen molar-refractivity contribution in [3.8, 4) is 96.7 Å². The van der Waals surface area contributed by atoms with Crippen molar-refractivity contribution in [1.82, 2.24) is 88.2 Å². The van der Waals surface area contributed by atoms with E-state index in [2.05, 4.69) is 79.2 Å². The molecule has 128 heavy (non-hydrogen) atoms. The molecule has 650 valence electrons. The van der Waals surface area contributed by atoms with Crippen LogP contribution in [0.2, 0.25) is 0 Å². The van der Waals surface area contributed by atoms with E-state index in [1.54, 1.807) is 7.11 Å². The number of anilines is 6. The minimum absolute atomic E-state index is 0.160. The summed E-state index contributed by atoms with van der Waals surface area (Å²) in [6, 6.07) is 87.2. The van der Waals surface area contributed by atoms with Crippen molar-refractivity contribution in [3.63, 3.8) is 0 Å². The van der Waals surface area contributed by atoms with E-state index in [-0.39, 0.29) is 6.61 Å². The van der Waals surface area contributed by atoms with Gasteiger partial charge in [-0.1, -0.05) is 90.1 Å². The number of hydrogen-bond donors (Lipinski definition) is 3. The van der Waals surface area contributed by atoms with Gasteiger partial charge in [-0.2, -0.15) is 30.1 Å². The van der Waals surface area contributed by atoms with Gasteiger partial charge in [0.2, 0.25) is 23.7 Å². The van der Waals surface area contributed by atoms with Crippen LogP contribution in [0, 0.1) is 6.92 Å². The smallest absolute Gasteiger partial charge is 0.258 e. The molecule has 0 saturated carbocycles. The second-order valence-electron chi connectivity index (χ2n) is 31.6. The normalized spacial score (nSPS) is 13.4. The molecule has 17 aromatic rings. The number of aromatic nitrogens is 15. The first-order valence-corrected chi connectivity index (χ1v) is 43.5. The van der Waals surface area contributed by atoms with Gasteiger partial charge in [0.15, 0.2) is 23.5 Å². The van der Waals surface area contributed by atoms with Crippen LogP contribution in [0.15, 0.2) is 271 Å². The lowest BCUT2D eigenvalue weighted by molar-refractivity contribution is 0.237. The van der Waals surface area contributed by atoms with Crippen molar-refractivity contribution in [1.29, 1.82) is 0 Å². The maximum absolute atomic E-state index is 6.17. The molecule has 29 heteroatoms. The second-order valence-corrected chi connectivity index (χ2v) is 31.6. The molecule has 3 aliphatic rings. The first-order chi connectivity index (χ1) is 63.0. The van der Waals surface area contributed by atoms with Crippen LogP contribution in [0.1, 0.15) is 61.4 Å². The number of benzene rings is 8. The largest absolute Gasteiger partial charge is 0.497 e. The monoisotopic (exact) mass is 1710 g/mol. The zero-order chi connectivity index (χ0) is 86.8. The van der Waals surface area contributed by atoms with E-state index in [0.717, 1.165) is 156 Å². The average Bonchev–Trinajstić information content (AvgIpc) is 1.67. The Hall–Kier alpha value is -14.9. The molecule has 3 aliphatic heterocycles. The lowest BCUT2D eigenvalue weighted by atomic mass is 10.1. The number of nitrogens with one attached hydrogen (secondary N) is 3. The Kier molecular flexibility index (Phi) is 26.5. The van der Waals surface area contributed by atoms with Crippen LogP contribution in [0.4, 0.5) is 34.9 Å². The number of hydrogen-bond acceptors (Lipinski definition) is 24. The second kappa shape index (κ2) is 40.4. The van der Waals surface area contributed by atoms with Crippen LogP contribution < -0.4 is 49.1 Å². The molecule has 3 N–H and O–H groups in total. The lowest BCUT2D eigenvalue weighted by Crippen LogP contribution is -2.25. The van der Waals surface area contributed by atoms with E-state index in [1.165, 1.54) is 77.8 Å². The predicted octanol–water partition coefficient (Wildman–Crippen LogP) is 18.1. The zero-order valence-corrected chi connectivity index (χ0v) is 72.1. The van der Waals surface area contributed by atoms with Crippen molar-refractivity contribution in [2.75, 3.05) is 102 Å². The van der Waals surface area contributed by atoms with Crippen LogP contribution in [0.25, 0.3) is 73.4 Å². The summed E-state index contributed by atoms with van der Waals surface area (Å²) >= 11 is 0. The van der Waals surface area contributed by atoms with Gasteiger partial charge in [0, 0.05) is 78.7 Å². The number of methoxy groups -OCH3 is 1. The number of likely N-dealkylation sites (tertiary alicyclic amines) is 3. The fraction of sp³-hybridized carbons (Fsp3) is 0.253. The summed E-state index contributed by atoms with van der Waals surface area (Å²) in [5, 5.41) is 37.4. The Labute approximate surface area is 741 Å². The standard InChI is InChI=1S/C35H35N7O2.C34H33N7O4.C30H33N7O2/c1-40-33(26-9-3-2-4-10-26)24-29(38-40)25-44-31-12-7-11-27(23-31)32-13-8-14-34-37-35(39-42(32)34)36-28-15-17-30(18-16-28)43-22-21-41-19-5-6-20-41;1-42-27-14-10-24(11-15-27)33-36-31(39-45-33)23-44-29-7-4-6-25(22-29)30-8-5-9-32-37-34(38-41(30)32)35-26-12-16-28(17-13-26)43-21-20-40-18-2-3-19-40;1-22-19-25(33-35(22)2)21-39-27-8-5-7-23(20-27)28-9-6-10-29-32-30(34-37(28)29)31-24-11-13-26(14-12-24)38-18-17-36-15-3-4-16-36/h2-4,7-18,23-24H,5-6,19-22,25H2,1H3,(H,36,39);4-17,22H,2-3,18-21,23H2,1H3,(H,35,38);5-14,19-20H,3-4,15-18,21H2,1-2H3,(H,31,34). The highest BCUT2D eigenvalue weighted by Gasteiger charge is 2.20. The summed E-state index contributed by atoms with van der Waals surface area (Å²) in [5.41, 5.74) is 16.4. The van der Waals surface area contributed by atoms with E-state index in [1.807, 2.05) is 293 Å². The van der Waals surface area contributed by atoms with Gasteiger partial charge in [-0.15, -0.1) is 15.3 Å². The van der Waals surface area contributed by atoms with Crippen LogP contribution in [-0.4, -0.2) is 174 Å². The molecule has 3 fully saturated rings. The third-order valence-corrected chi connectivity index (χ3v) is 22.5. The van der Waals surface area contributed by atoms with Crippen molar-refractivity contribution >= 4 is 51.8 Å². The van der Waals surface area contributed by atoms with Gasteiger partial charge in [0.05, 0.1) is 29.9 Å². The highest BCUT2D eigenvalue weighted by molar-refractivity contribution is 5.70. The number of nitrogens with zero attached hydrogens (tertiary/aromatic N) is 18. The van der Waals surface area contributed by atoms with E-state index in [0.29, 0.717) is 68.3 Å². The first kappa shape index (κ1) is 83.9. The molecule has 9 aromatic heterocycles. The topological polar surface area (TPSA) is 276 Å². The first-order valence-electron chi connectivity index (χ1n) is 43.5. The lowest BCUT2D eigenvalue weighted by Gasteiger charge is -2.15. The summed E-state index contributed by atoms with van der Waals surface area (Å²) in [4.78, 5) is 25.9. The number of pyridine rings is 3. The predicted molar refractivity (Wildman–Crippen MR) is 494 cm³/mol. The third kappa shape index (κ3) is 21.5. The van der Waals surface area contributed by atoms with Crippen LogP contribution in [0.3, 0.4) is 0 Å². The maximum atomic E-state index is 6.17. The highest BCUT2D eigenvalue weighted by Crippen LogP contribution is 2.33. The number of aryl methyl sites for hydroxylation is 3. The van der Waals surface area contributed by atoms with E-state index >= 15 is 0 Å². The van der Waals surface area contributed by atoms with Gasteiger partial charge in [-0.3, -0.25) is 24.1 Å². The van der Waals surface area contributed by atoms with E-state index in [9.17, 15) is 0 Å². The summed E-state index contributed by atoms with van der Waals surface area (Å²) in [7, 11) is 5.51. The Balaban J connectivity index is 0.000000130. The molecule has 0 spiro atoms. The summed E-state index contributed by atoms with van der Waals surface area (Å²) in [5.74, 6) is 7.96. The Morgan fingerprint density at radius 1 is 0.320 bits per heavy atom. The molecule has 20 rings (SSSR count). The SMILES string of the molecule is COc1ccc(-c2nc(COc3cccc(-c4cccc5nc(Nc6ccc(OCCN7CCCC7)cc6)nn45)c3)no2)cc1.Cc1cc(COc2cccc(-c3cccc4nc(Nc5ccc(OCCN6CCCC6)cc5)nn34)c2)nn1C.Cn1nc(COc2cccc(-c3cccc4nc(Nc5ccc(OCCN6CCCC6)cc5)nn34)c2)cc1-c1ccccc1. The van der Waals surface area contributed by atoms with Gasteiger partial charge in [-0.25, -0.2) is 13.5 Å². The van der Waals surface area contributed by atoms with Crippen molar-refractivity contribution in [2.45, 2.75) is 65.3 Å². The molecule has 0 amide bonds. The van der Waals surface area contributed by atoms with Crippen molar-refractivity contribution in [3.05, 3.63) is 290 Å². The fourth-order valence-corrected chi connectivity index (χ4v) is 15.8. The van der Waals surface area contributed by atoms with E-state index in [4.69, 9.17) is 58.0 Å². The maximum Gasteiger partial charge on any atom is 0.258 e. The molecule has 8 aromatic carbocycles. The van der Waals surface area contributed by atoms with Crippen LogP contribution >= 0.6 is 0 Å². The summed E-state index contributed by atoms with van der Waals surface area (Å²) < 4.78 is 55.9. The molecule has 0 atom stereocenters. The minimum Gasteiger partial charge on any atom is -0.497 e. The molecule has 29 nitrogen and oxygen atoms in total. The number of rotatable bonds is 33. The summed E-state index contributed by atoms with van der Waals surface area (Å²) in [6.45, 7) is 15.1.